The molecule has 0 radical (unpaired) electrons. The molecule has 0 saturated carbocycles. The number of nitrogen functional groups attached to an aromatic ring is 1. The van der Waals surface area contributed by atoms with E-state index in [-0.39, 0.29) is 18.8 Å². The molecule has 0 amide bonds. The number of ether oxygens (including phenoxy) is 3. The van der Waals surface area contributed by atoms with Crippen LogP contribution in [0.25, 0.3) is 11.3 Å². The Morgan fingerprint density at radius 2 is 2.03 bits per heavy atom. The SMILES string of the molecule is COc1cc(CN2Cc3c(-c4ccncc4)nc(N)nc3C2C)cc2c1OCO2. The summed E-state index contributed by atoms with van der Waals surface area (Å²) in [6.07, 6.45) is 3.52. The Labute approximate surface area is 168 Å². The topological polar surface area (TPSA) is 95.6 Å². The van der Waals surface area contributed by atoms with E-state index >= 15 is 0 Å². The molecule has 3 aromatic rings. The molecule has 148 valence electrons. The zero-order valence-corrected chi connectivity index (χ0v) is 16.3. The molecule has 29 heavy (non-hydrogen) atoms. The number of hydrogen-bond donors (Lipinski definition) is 1. The standard InChI is InChI=1S/C21H21N5O3/c1-12-18-15(19(25-21(22)24-18)14-3-5-23-6-4-14)10-26(12)9-13-7-16(27-2)20-17(8-13)28-11-29-20/h3-8,12H,9-11H2,1-2H3,(H2,22,24,25). The van der Waals surface area contributed by atoms with Crippen molar-refractivity contribution >= 4 is 5.95 Å². The number of anilines is 1. The first kappa shape index (κ1) is 17.7. The largest absolute Gasteiger partial charge is 0.493 e. The Balaban J connectivity index is 1.48. The van der Waals surface area contributed by atoms with E-state index in [0.717, 1.165) is 34.6 Å². The average Bonchev–Trinajstić information content (AvgIpc) is 3.33. The minimum absolute atomic E-state index is 0.104. The van der Waals surface area contributed by atoms with Crippen LogP contribution in [-0.4, -0.2) is 33.8 Å². The monoisotopic (exact) mass is 391 g/mol. The van der Waals surface area contributed by atoms with E-state index in [1.165, 1.54) is 0 Å². The maximum absolute atomic E-state index is 6.03. The van der Waals surface area contributed by atoms with Crippen LogP contribution in [0.4, 0.5) is 5.95 Å². The van der Waals surface area contributed by atoms with E-state index in [2.05, 4.69) is 26.8 Å². The van der Waals surface area contributed by atoms with Gasteiger partial charge in [-0.2, -0.15) is 0 Å². The van der Waals surface area contributed by atoms with Gasteiger partial charge in [-0.05, 0) is 36.8 Å². The fraction of sp³-hybridized carbons (Fsp3) is 0.286. The molecular weight excluding hydrogens is 370 g/mol. The van der Waals surface area contributed by atoms with E-state index in [1.807, 2.05) is 24.3 Å². The van der Waals surface area contributed by atoms with Gasteiger partial charge in [0.25, 0.3) is 0 Å². The molecule has 8 nitrogen and oxygen atoms in total. The molecule has 0 spiro atoms. The predicted molar refractivity (Wildman–Crippen MR) is 106 cm³/mol. The Morgan fingerprint density at radius 1 is 1.21 bits per heavy atom. The smallest absolute Gasteiger partial charge is 0.231 e. The Hall–Kier alpha value is -3.39. The van der Waals surface area contributed by atoms with Crippen LogP contribution in [-0.2, 0) is 13.1 Å². The third-order valence-electron chi connectivity index (χ3n) is 5.42. The third kappa shape index (κ3) is 3.01. The van der Waals surface area contributed by atoms with Gasteiger partial charge >= 0.3 is 0 Å². The van der Waals surface area contributed by atoms with Crippen LogP contribution in [0, 0.1) is 0 Å². The van der Waals surface area contributed by atoms with Gasteiger partial charge in [-0.1, -0.05) is 0 Å². The fourth-order valence-electron chi connectivity index (χ4n) is 3.98. The summed E-state index contributed by atoms with van der Waals surface area (Å²) in [6, 6.07) is 7.99. The van der Waals surface area contributed by atoms with Gasteiger partial charge in [0.1, 0.15) is 0 Å². The van der Waals surface area contributed by atoms with Gasteiger partial charge in [0.2, 0.25) is 18.5 Å². The summed E-state index contributed by atoms with van der Waals surface area (Å²) in [7, 11) is 1.63. The van der Waals surface area contributed by atoms with Crippen LogP contribution in [0.15, 0.2) is 36.7 Å². The summed E-state index contributed by atoms with van der Waals surface area (Å²) in [5.41, 5.74) is 11.0. The van der Waals surface area contributed by atoms with Crippen molar-refractivity contribution in [3.05, 3.63) is 53.5 Å². The summed E-state index contributed by atoms with van der Waals surface area (Å²) in [4.78, 5) is 15.5. The molecule has 0 saturated heterocycles. The molecule has 4 heterocycles. The third-order valence-corrected chi connectivity index (χ3v) is 5.42. The van der Waals surface area contributed by atoms with Gasteiger partial charge in [-0.3, -0.25) is 9.88 Å². The van der Waals surface area contributed by atoms with Gasteiger partial charge in [-0.25, -0.2) is 9.97 Å². The molecule has 2 aromatic heterocycles. The fourth-order valence-corrected chi connectivity index (χ4v) is 3.98. The van der Waals surface area contributed by atoms with Crippen molar-refractivity contribution in [2.24, 2.45) is 0 Å². The van der Waals surface area contributed by atoms with E-state index in [1.54, 1.807) is 19.5 Å². The molecule has 2 aliphatic rings. The normalized spacial score (nSPS) is 17.4. The van der Waals surface area contributed by atoms with Crippen LogP contribution < -0.4 is 19.9 Å². The lowest BCUT2D eigenvalue weighted by atomic mass is 10.1. The molecule has 1 unspecified atom stereocenters. The van der Waals surface area contributed by atoms with Crippen molar-refractivity contribution in [3.8, 4) is 28.5 Å². The minimum Gasteiger partial charge on any atom is -0.493 e. The van der Waals surface area contributed by atoms with E-state index in [0.29, 0.717) is 23.8 Å². The number of benzene rings is 1. The highest BCUT2D eigenvalue weighted by Gasteiger charge is 2.32. The lowest BCUT2D eigenvalue weighted by molar-refractivity contribution is 0.171. The second-order valence-corrected chi connectivity index (χ2v) is 7.14. The Kier molecular flexibility index (Phi) is 4.21. The van der Waals surface area contributed by atoms with E-state index in [4.69, 9.17) is 19.9 Å². The number of aromatic nitrogens is 3. The van der Waals surface area contributed by atoms with Crippen LogP contribution in [0.3, 0.4) is 0 Å². The molecule has 0 aliphatic carbocycles. The molecule has 8 heteroatoms. The lowest BCUT2D eigenvalue weighted by Crippen LogP contribution is -2.20. The summed E-state index contributed by atoms with van der Waals surface area (Å²) >= 11 is 0. The maximum atomic E-state index is 6.03. The highest BCUT2D eigenvalue weighted by Crippen LogP contribution is 2.43. The maximum Gasteiger partial charge on any atom is 0.231 e. The zero-order valence-electron chi connectivity index (χ0n) is 16.3. The van der Waals surface area contributed by atoms with Crippen molar-refractivity contribution in [2.75, 3.05) is 19.6 Å². The number of rotatable bonds is 4. The molecule has 1 aromatic carbocycles. The first-order valence-corrected chi connectivity index (χ1v) is 9.41. The van der Waals surface area contributed by atoms with Crippen molar-refractivity contribution in [2.45, 2.75) is 26.1 Å². The summed E-state index contributed by atoms with van der Waals surface area (Å²) in [6.45, 7) is 3.79. The van der Waals surface area contributed by atoms with Crippen LogP contribution in [0.2, 0.25) is 0 Å². The molecule has 2 N–H and O–H groups in total. The molecular formula is C21H21N5O3. The Morgan fingerprint density at radius 3 is 2.83 bits per heavy atom. The first-order valence-electron chi connectivity index (χ1n) is 9.41. The lowest BCUT2D eigenvalue weighted by Gasteiger charge is -2.21. The molecule has 1 atom stereocenters. The molecule has 5 rings (SSSR count). The van der Waals surface area contributed by atoms with Gasteiger partial charge in [0, 0.05) is 36.6 Å². The van der Waals surface area contributed by atoms with Crippen LogP contribution in [0.1, 0.15) is 29.8 Å². The van der Waals surface area contributed by atoms with Crippen molar-refractivity contribution in [1.82, 2.24) is 19.9 Å². The number of pyridine rings is 1. The second-order valence-electron chi connectivity index (χ2n) is 7.14. The number of hydrogen-bond acceptors (Lipinski definition) is 8. The number of nitrogens with two attached hydrogens (primary N) is 1. The van der Waals surface area contributed by atoms with Gasteiger partial charge < -0.3 is 19.9 Å². The minimum atomic E-state index is 0.104. The predicted octanol–water partition coefficient (Wildman–Crippen LogP) is 2.93. The summed E-state index contributed by atoms with van der Waals surface area (Å²) in [5, 5.41) is 0. The average molecular weight is 391 g/mol. The van der Waals surface area contributed by atoms with Crippen molar-refractivity contribution in [1.29, 1.82) is 0 Å². The number of methoxy groups -OCH3 is 1. The molecule has 0 fully saturated rings. The number of nitrogens with zero attached hydrogens (tertiary/aromatic N) is 4. The van der Waals surface area contributed by atoms with Gasteiger partial charge in [0.05, 0.1) is 24.5 Å². The number of fused-ring (bicyclic) bond motifs is 2. The van der Waals surface area contributed by atoms with Crippen LogP contribution >= 0.6 is 0 Å². The first-order chi connectivity index (χ1) is 14.1. The van der Waals surface area contributed by atoms with E-state index < -0.39 is 0 Å². The van der Waals surface area contributed by atoms with Crippen LogP contribution in [0.5, 0.6) is 17.2 Å². The van der Waals surface area contributed by atoms with Crippen molar-refractivity contribution in [3.63, 3.8) is 0 Å². The van der Waals surface area contributed by atoms with Gasteiger partial charge in [0.15, 0.2) is 11.5 Å². The van der Waals surface area contributed by atoms with Gasteiger partial charge in [-0.15, -0.1) is 0 Å². The quantitative estimate of drug-likeness (QED) is 0.725. The summed E-state index contributed by atoms with van der Waals surface area (Å²) in [5.74, 6) is 2.34. The van der Waals surface area contributed by atoms with Crippen molar-refractivity contribution < 1.29 is 14.2 Å². The zero-order chi connectivity index (χ0) is 20.0. The highest BCUT2D eigenvalue weighted by atomic mass is 16.7. The Bertz CT molecular complexity index is 1070. The molecule has 2 aliphatic heterocycles. The second kappa shape index (κ2) is 6.89. The molecule has 0 bridgehead atoms. The highest BCUT2D eigenvalue weighted by molar-refractivity contribution is 5.65. The van der Waals surface area contributed by atoms with E-state index in [9.17, 15) is 0 Å². The summed E-state index contributed by atoms with van der Waals surface area (Å²) < 4.78 is 16.5.